The van der Waals surface area contributed by atoms with Crippen molar-refractivity contribution in [2.24, 2.45) is 0 Å². The molecule has 0 spiro atoms. The van der Waals surface area contributed by atoms with Crippen LogP contribution in [0.1, 0.15) is 26.3 Å². The molecule has 1 aromatic heterocycles. The number of amides is 1. The van der Waals surface area contributed by atoms with Gasteiger partial charge in [-0.3, -0.25) is 10.1 Å². The van der Waals surface area contributed by atoms with E-state index in [1.54, 1.807) is 10.7 Å². The van der Waals surface area contributed by atoms with Gasteiger partial charge in [0.25, 0.3) is 0 Å². The molecule has 118 valence electrons. The van der Waals surface area contributed by atoms with Crippen LogP contribution in [-0.4, -0.2) is 17.1 Å². The van der Waals surface area contributed by atoms with E-state index in [1.807, 2.05) is 24.3 Å². The number of rotatable bonds is 2. The van der Waals surface area contributed by atoms with Crippen LogP contribution in [0.15, 0.2) is 29.6 Å². The van der Waals surface area contributed by atoms with E-state index in [0.717, 1.165) is 22.5 Å². The normalized spacial score (nSPS) is 12.3. The number of alkyl halides is 3. The van der Waals surface area contributed by atoms with Gasteiger partial charge in [0.05, 0.1) is 5.69 Å². The number of nitrogens with one attached hydrogen (secondary N) is 1. The average molecular weight is 328 g/mol. The molecule has 0 radical (unpaired) electrons. The van der Waals surface area contributed by atoms with Crippen molar-refractivity contribution in [2.75, 3.05) is 5.32 Å². The van der Waals surface area contributed by atoms with Crippen molar-refractivity contribution in [2.45, 2.75) is 32.4 Å². The van der Waals surface area contributed by atoms with Crippen LogP contribution in [0.3, 0.4) is 0 Å². The first-order chi connectivity index (χ1) is 10.1. The number of thiazole rings is 1. The number of carbonyl (C=O) groups excluding carboxylic acids is 1. The maximum atomic E-state index is 12.2. The van der Waals surface area contributed by atoms with Crippen molar-refractivity contribution in [3.63, 3.8) is 0 Å². The minimum atomic E-state index is -4.92. The van der Waals surface area contributed by atoms with Gasteiger partial charge in [-0.15, -0.1) is 11.3 Å². The predicted octanol–water partition coefficient (Wildman–Crippen LogP) is 4.61. The smallest absolute Gasteiger partial charge is 0.294 e. The molecule has 0 aliphatic rings. The quantitative estimate of drug-likeness (QED) is 0.875. The highest BCUT2D eigenvalue weighted by Gasteiger charge is 2.39. The second-order valence-corrected chi connectivity index (χ2v) is 6.68. The van der Waals surface area contributed by atoms with E-state index in [-0.39, 0.29) is 10.5 Å². The van der Waals surface area contributed by atoms with Crippen LogP contribution in [0.2, 0.25) is 0 Å². The van der Waals surface area contributed by atoms with E-state index >= 15 is 0 Å². The summed E-state index contributed by atoms with van der Waals surface area (Å²) in [6.45, 7) is 6.28. The van der Waals surface area contributed by atoms with E-state index in [2.05, 4.69) is 25.8 Å². The molecule has 0 atom stereocenters. The second kappa shape index (κ2) is 5.72. The maximum Gasteiger partial charge on any atom is 0.471 e. The first-order valence-electron chi connectivity index (χ1n) is 6.52. The van der Waals surface area contributed by atoms with E-state index < -0.39 is 12.1 Å². The number of benzene rings is 1. The Kier molecular flexibility index (Phi) is 4.28. The molecule has 0 saturated carbocycles. The maximum absolute atomic E-state index is 12.2. The fourth-order valence-electron chi connectivity index (χ4n) is 1.77. The number of carbonyl (C=O) groups is 1. The van der Waals surface area contributed by atoms with Crippen LogP contribution >= 0.6 is 11.3 Å². The molecule has 0 saturated heterocycles. The lowest BCUT2D eigenvalue weighted by atomic mass is 9.86. The molecule has 1 heterocycles. The first kappa shape index (κ1) is 16.5. The zero-order chi connectivity index (χ0) is 16.5. The fraction of sp³-hybridized carbons (Fsp3) is 0.333. The zero-order valence-electron chi connectivity index (χ0n) is 12.3. The molecule has 0 aliphatic heterocycles. The Hall–Kier alpha value is -1.89. The molecule has 0 aliphatic carbocycles. The highest BCUT2D eigenvalue weighted by molar-refractivity contribution is 7.14. The van der Waals surface area contributed by atoms with Crippen molar-refractivity contribution in [1.29, 1.82) is 0 Å². The predicted molar refractivity (Wildman–Crippen MR) is 80.9 cm³/mol. The number of nitrogens with zero attached hydrogens (tertiary/aromatic N) is 1. The third kappa shape index (κ3) is 3.85. The molecule has 1 aromatic carbocycles. The molecular weight excluding hydrogens is 313 g/mol. The Morgan fingerprint density at radius 2 is 1.73 bits per heavy atom. The van der Waals surface area contributed by atoms with Crippen LogP contribution in [0.4, 0.5) is 18.3 Å². The molecule has 3 nitrogen and oxygen atoms in total. The van der Waals surface area contributed by atoms with Crippen LogP contribution in [-0.2, 0) is 10.2 Å². The Morgan fingerprint density at radius 1 is 1.14 bits per heavy atom. The van der Waals surface area contributed by atoms with Gasteiger partial charge >= 0.3 is 12.1 Å². The molecule has 7 heteroatoms. The number of hydrogen-bond acceptors (Lipinski definition) is 3. The summed E-state index contributed by atoms with van der Waals surface area (Å²) in [5.41, 5.74) is 2.49. The standard InChI is InChI=1S/C15H15F3N2OS/c1-14(2,3)10-6-4-9(5-7-10)11-8-22-13(19-11)20-12(21)15(16,17)18/h4-8H,1-3H3,(H,19,20,21). The monoisotopic (exact) mass is 328 g/mol. The topological polar surface area (TPSA) is 42.0 Å². The SMILES string of the molecule is CC(C)(C)c1ccc(-c2csc(NC(=O)C(F)(F)F)n2)cc1. The molecule has 2 aromatic rings. The largest absolute Gasteiger partial charge is 0.471 e. The minimum absolute atomic E-state index is 0.0203. The second-order valence-electron chi connectivity index (χ2n) is 5.82. The van der Waals surface area contributed by atoms with Crippen LogP contribution in [0.5, 0.6) is 0 Å². The summed E-state index contributed by atoms with van der Waals surface area (Å²) in [4.78, 5) is 14.9. The summed E-state index contributed by atoms with van der Waals surface area (Å²) < 4.78 is 36.6. The van der Waals surface area contributed by atoms with Gasteiger partial charge in [0.15, 0.2) is 5.13 Å². The number of hydrogen-bond donors (Lipinski definition) is 1. The van der Waals surface area contributed by atoms with Gasteiger partial charge in [-0.05, 0) is 11.0 Å². The Bertz CT molecular complexity index is 669. The van der Waals surface area contributed by atoms with Crippen molar-refractivity contribution < 1.29 is 18.0 Å². The Labute approximate surface area is 130 Å². The number of aromatic nitrogens is 1. The first-order valence-corrected chi connectivity index (χ1v) is 7.40. The molecule has 2 rings (SSSR count). The van der Waals surface area contributed by atoms with Crippen molar-refractivity contribution >= 4 is 22.4 Å². The van der Waals surface area contributed by atoms with E-state index in [9.17, 15) is 18.0 Å². The molecule has 22 heavy (non-hydrogen) atoms. The van der Waals surface area contributed by atoms with Gasteiger partial charge in [0.2, 0.25) is 0 Å². The molecule has 0 bridgehead atoms. The molecule has 0 fully saturated rings. The molecule has 1 amide bonds. The van der Waals surface area contributed by atoms with Gasteiger partial charge in [-0.25, -0.2) is 4.98 Å². The van der Waals surface area contributed by atoms with Crippen LogP contribution in [0.25, 0.3) is 11.3 Å². The highest BCUT2D eigenvalue weighted by Crippen LogP contribution is 2.29. The summed E-state index contributed by atoms with van der Waals surface area (Å²) in [7, 11) is 0. The van der Waals surface area contributed by atoms with Crippen LogP contribution in [0, 0.1) is 0 Å². The third-order valence-corrected chi connectivity index (χ3v) is 3.79. The van der Waals surface area contributed by atoms with Crippen molar-refractivity contribution in [1.82, 2.24) is 4.98 Å². The van der Waals surface area contributed by atoms with Gasteiger partial charge in [-0.1, -0.05) is 45.0 Å². The Morgan fingerprint density at radius 3 is 2.23 bits per heavy atom. The third-order valence-electron chi connectivity index (χ3n) is 3.03. The summed E-state index contributed by atoms with van der Waals surface area (Å²) in [5.74, 6) is -2.02. The minimum Gasteiger partial charge on any atom is -0.294 e. The lowest BCUT2D eigenvalue weighted by Crippen LogP contribution is -2.29. The summed E-state index contributed by atoms with van der Waals surface area (Å²) in [6, 6.07) is 7.65. The number of anilines is 1. The fourth-order valence-corrected chi connectivity index (χ4v) is 2.49. The van der Waals surface area contributed by atoms with Crippen molar-refractivity contribution in [3.05, 3.63) is 35.2 Å². The van der Waals surface area contributed by atoms with Gasteiger partial charge < -0.3 is 0 Å². The highest BCUT2D eigenvalue weighted by atomic mass is 32.1. The molecule has 1 N–H and O–H groups in total. The average Bonchev–Trinajstić information content (AvgIpc) is 2.85. The van der Waals surface area contributed by atoms with Gasteiger partial charge in [-0.2, -0.15) is 13.2 Å². The van der Waals surface area contributed by atoms with Gasteiger partial charge in [0, 0.05) is 10.9 Å². The van der Waals surface area contributed by atoms with Crippen molar-refractivity contribution in [3.8, 4) is 11.3 Å². The molecule has 0 unspecified atom stereocenters. The Balaban J connectivity index is 2.16. The van der Waals surface area contributed by atoms with Gasteiger partial charge in [0.1, 0.15) is 0 Å². The summed E-state index contributed by atoms with van der Waals surface area (Å²) >= 11 is 0.956. The van der Waals surface area contributed by atoms with E-state index in [4.69, 9.17) is 0 Å². The van der Waals surface area contributed by atoms with E-state index in [0.29, 0.717) is 5.69 Å². The van der Waals surface area contributed by atoms with E-state index in [1.165, 1.54) is 0 Å². The van der Waals surface area contributed by atoms with Crippen LogP contribution < -0.4 is 5.32 Å². The molecular formula is C15H15F3N2OS. The summed E-state index contributed by atoms with van der Waals surface area (Å²) in [5, 5.41) is 3.29. The number of halogens is 3. The summed E-state index contributed by atoms with van der Waals surface area (Å²) in [6.07, 6.45) is -4.92. The lowest BCUT2D eigenvalue weighted by molar-refractivity contribution is -0.167. The zero-order valence-corrected chi connectivity index (χ0v) is 13.1. The lowest BCUT2D eigenvalue weighted by Gasteiger charge is -2.18.